The van der Waals surface area contributed by atoms with Crippen molar-refractivity contribution in [2.75, 3.05) is 33.3 Å². The van der Waals surface area contributed by atoms with Crippen LogP contribution >= 0.6 is 0 Å². The Morgan fingerprint density at radius 2 is 1.81 bits per heavy atom. The van der Waals surface area contributed by atoms with E-state index in [-0.39, 0.29) is 26.2 Å². The van der Waals surface area contributed by atoms with Gasteiger partial charge in [0.15, 0.2) is 0 Å². The molecule has 0 saturated carbocycles. The SMILES string of the molecule is COC(=O)N1CCN(S(=O)(=O)c2ccc(F)cc2F)CC1. The summed E-state index contributed by atoms with van der Waals surface area (Å²) in [5.74, 6) is -1.98. The van der Waals surface area contributed by atoms with Crippen LogP contribution < -0.4 is 0 Å². The predicted molar refractivity (Wildman–Crippen MR) is 69.1 cm³/mol. The molecule has 0 radical (unpaired) electrons. The third kappa shape index (κ3) is 3.13. The third-order valence-corrected chi connectivity index (χ3v) is 5.12. The molecule has 1 heterocycles. The molecule has 2 rings (SSSR count). The Labute approximate surface area is 121 Å². The number of amides is 1. The van der Waals surface area contributed by atoms with E-state index in [4.69, 9.17) is 0 Å². The molecule has 1 aromatic rings. The van der Waals surface area contributed by atoms with Gasteiger partial charge in [0.05, 0.1) is 7.11 Å². The fourth-order valence-electron chi connectivity index (χ4n) is 2.06. The summed E-state index contributed by atoms with van der Waals surface area (Å²) >= 11 is 0. The highest BCUT2D eigenvalue weighted by Crippen LogP contribution is 2.21. The molecule has 0 N–H and O–H groups in total. The monoisotopic (exact) mass is 320 g/mol. The van der Waals surface area contributed by atoms with Gasteiger partial charge in [-0.05, 0) is 12.1 Å². The van der Waals surface area contributed by atoms with E-state index < -0.39 is 32.6 Å². The number of halogens is 2. The lowest BCUT2D eigenvalue weighted by Gasteiger charge is -2.33. The van der Waals surface area contributed by atoms with Crippen LogP contribution in [0.1, 0.15) is 0 Å². The standard InChI is InChI=1S/C12H14F2N2O4S/c1-20-12(17)15-4-6-16(7-5-15)21(18,19)11-3-2-9(13)8-10(11)14/h2-3,8H,4-7H2,1H3. The molecule has 1 aliphatic rings. The fraction of sp³-hybridized carbons (Fsp3) is 0.417. The number of rotatable bonds is 2. The Kier molecular flexibility index (Phi) is 4.43. The molecule has 1 aliphatic heterocycles. The van der Waals surface area contributed by atoms with Crippen molar-refractivity contribution in [2.45, 2.75) is 4.90 Å². The van der Waals surface area contributed by atoms with Gasteiger partial charge in [0.25, 0.3) is 0 Å². The van der Waals surface area contributed by atoms with Crippen LogP contribution in [0.15, 0.2) is 23.1 Å². The van der Waals surface area contributed by atoms with Gasteiger partial charge in [-0.25, -0.2) is 22.0 Å². The first-order valence-electron chi connectivity index (χ1n) is 6.14. The van der Waals surface area contributed by atoms with Crippen molar-refractivity contribution in [3.63, 3.8) is 0 Å². The summed E-state index contributed by atoms with van der Waals surface area (Å²) in [5.41, 5.74) is 0. The Hall–Kier alpha value is -1.74. The first kappa shape index (κ1) is 15.6. The second-order valence-electron chi connectivity index (χ2n) is 4.44. The third-order valence-electron chi connectivity index (χ3n) is 3.18. The molecule has 116 valence electrons. The number of sulfonamides is 1. The first-order valence-corrected chi connectivity index (χ1v) is 7.58. The fourth-order valence-corrected chi connectivity index (χ4v) is 3.53. The van der Waals surface area contributed by atoms with Gasteiger partial charge in [0, 0.05) is 32.2 Å². The zero-order valence-corrected chi connectivity index (χ0v) is 12.1. The van der Waals surface area contributed by atoms with Crippen molar-refractivity contribution in [3.05, 3.63) is 29.8 Å². The Bertz CT molecular complexity index is 643. The van der Waals surface area contributed by atoms with Gasteiger partial charge in [0.2, 0.25) is 10.0 Å². The maximum Gasteiger partial charge on any atom is 0.409 e. The molecule has 0 spiro atoms. The zero-order valence-electron chi connectivity index (χ0n) is 11.3. The molecule has 0 aromatic heterocycles. The highest BCUT2D eigenvalue weighted by atomic mass is 32.2. The molecule has 1 aromatic carbocycles. The number of ether oxygens (including phenoxy) is 1. The maximum absolute atomic E-state index is 13.6. The number of nitrogens with zero attached hydrogens (tertiary/aromatic N) is 2. The highest BCUT2D eigenvalue weighted by Gasteiger charge is 2.32. The first-order chi connectivity index (χ1) is 9.86. The molecule has 9 heteroatoms. The van der Waals surface area contributed by atoms with Gasteiger partial charge in [-0.1, -0.05) is 0 Å². The maximum atomic E-state index is 13.6. The minimum absolute atomic E-state index is 0.0221. The number of methoxy groups -OCH3 is 1. The van der Waals surface area contributed by atoms with E-state index in [0.29, 0.717) is 6.07 Å². The van der Waals surface area contributed by atoms with Crippen LogP contribution in [0.25, 0.3) is 0 Å². The van der Waals surface area contributed by atoms with Gasteiger partial charge in [-0.2, -0.15) is 4.31 Å². The minimum atomic E-state index is -4.05. The zero-order chi connectivity index (χ0) is 15.6. The predicted octanol–water partition coefficient (Wildman–Crippen LogP) is 1.04. The summed E-state index contributed by atoms with van der Waals surface area (Å²) in [6, 6.07) is 2.31. The average molecular weight is 320 g/mol. The number of hydrogen-bond acceptors (Lipinski definition) is 4. The van der Waals surface area contributed by atoms with Crippen LogP contribution in [0, 0.1) is 11.6 Å². The smallest absolute Gasteiger partial charge is 0.409 e. The molecule has 0 bridgehead atoms. The van der Waals surface area contributed by atoms with Crippen molar-refractivity contribution >= 4 is 16.1 Å². The van der Waals surface area contributed by atoms with Gasteiger partial charge in [-0.3, -0.25) is 0 Å². The average Bonchev–Trinajstić information content (AvgIpc) is 2.46. The molecule has 0 aliphatic carbocycles. The summed E-state index contributed by atoms with van der Waals surface area (Å²) in [7, 11) is -2.82. The van der Waals surface area contributed by atoms with E-state index in [1.54, 1.807) is 0 Å². The molecule has 1 saturated heterocycles. The van der Waals surface area contributed by atoms with Crippen LogP contribution in [0.3, 0.4) is 0 Å². The summed E-state index contributed by atoms with van der Waals surface area (Å²) in [5, 5.41) is 0. The quantitative estimate of drug-likeness (QED) is 0.816. The van der Waals surface area contributed by atoms with Crippen LogP contribution in [-0.2, 0) is 14.8 Å². The number of benzene rings is 1. The molecule has 1 amide bonds. The largest absolute Gasteiger partial charge is 0.453 e. The molecule has 0 unspecified atom stereocenters. The van der Waals surface area contributed by atoms with Crippen molar-refractivity contribution < 1.29 is 26.7 Å². The number of carbonyl (C=O) groups excluding carboxylic acids is 1. The van der Waals surface area contributed by atoms with Crippen molar-refractivity contribution in [2.24, 2.45) is 0 Å². The molecule has 1 fully saturated rings. The van der Waals surface area contributed by atoms with Gasteiger partial charge in [0.1, 0.15) is 16.5 Å². The topological polar surface area (TPSA) is 66.9 Å². The summed E-state index contributed by atoms with van der Waals surface area (Å²) in [6.45, 7) is 0.339. The second kappa shape index (κ2) is 5.94. The lowest BCUT2D eigenvalue weighted by atomic mass is 10.3. The van der Waals surface area contributed by atoms with Crippen LogP contribution in [0.4, 0.5) is 13.6 Å². The second-order valence-corrected chi connectivity index (χ2v) is 6.34. The number of piperazine rings is 1. The van der Waals surface area contributed by atoms with Crippen LogP contribution in [-0.4, -0.2) is 57.0 Å². The van der Waals surface area contributed by atoms with Gasteiger partial charge in [-0.15, -0.1) is 0 Å². The van der Waals surface area contributed by atoms with E-state index in [1.165, 1.54) is 12.0 Å². The van der Waals surface area contributed by atoms with E-state index in [1.807, 2.05) is 0 Å². The van der Waals surface area contributed by atoms with Crippen molar-refractivity contribution in [1.29, 1.82) is 0 Å². The van der Waals surface area contributed by atoms with Crippen LogP contribution in [0.5, 0.6) is 0 Å². The number of hydrogen-bond donors (Lipinski definition) is 0. The molecule has 21 heavy (non-hydrogen) atoms. The lowest BCUT2D eigenvalue weighted by Crippen LogP contribution is -2.50. The van der Waals surface area contributed by atoms with Crippen molar-refractivity contribution in [1.82, 2.24) is 9.21 Å². The summed E-state index contributed by atoms with van der Waals surface area (Å²) in [4.78, 5) is 12.1. The summed E-state index contributed by atoms with van der Waals surface area (Å²) in [6.07, 6.45) is -0.542. The van der Waals surface area contributed by atoms with Crippen molar-refractivity contribution in [3.8, 4) is 0 Å². The molecular weight excluding hydrogens is 306 g/mol. The van der Waals surface area contributed by atoms with E-state index in [0.717, 1.165) is 16.4 Å². The molecular formula is C12H14F2N2O4S. The normalized spacial score (nSPS) is 16.8. The van der Waals surface area contributed by atoms with E-state index in [2.05, 4.69) is 4.74 Å². The van der Waals surface area contributed by atoms with Gasteiger partial charge >= 0.3 is 6.09 Å². The lowest BCUT2D eigenvalue weighted by molar-refractivity contribution is 0.108. The molecule has 0 atom stereocenters. The van der Waals surface area contributed by atoms with Crippen LogP contribution in [0.2, 0.25) is 0 Å². The Morgan fingerprint density at radius 3 is 2.33 bits per heavy atom. The molecule has 6 nitrogen and oxygen atoms in total. The number of carbonyl (C=O) groups is 1. The van der Waals surface area contributed by atoms with E-state index >= 15 is 0 Å². The summed E-state index contributed by atoms with van der Waals surface area (Å²) < 4.78 is 56.7. The highest BCUT2D eigenvalue weighted by molar-refractivity contribution is 7.89. The Balaban J connectivity index is 2.17. The minimum Gasteiger partial charge on any atom is -0.453 e. The van der Waals surface area contributed by atoms with E-state index in [9.17, 15) is 22.0 Å². The Morgan fingerprint density at radius 1 is 1.19 bits per heavy atom. The van der Waals surface area contributed by atoms with Gasteiger partial charge < -0.3 is 9.64 Å².